The smallest absolute Gasteiger partial charge is 0.362 e. The van der Waals surface area contributed by atoms with Crippen molar-refractivity contribution in [3.63, 3.8) is 0 Å². The summed E-state index contributed by atoms with van der Waals surface area (Å²) in [4.78, 5) is 24.0. The number of allylic oxidation sites excluding steroid dienone is 1. The van der Waals surface area contributed by atoms with Gasteiger partial charge in [-0.2, -0.15) is 0 Å². The topological polar surface area (TPSA) is 61.8 Å². The Morgan fingerprint density at radius 1 is 1.29 bits per heavy atom. The van der Waals surface area contributed by atoms with E-state index in [0.29, 0.717) is 12.2 Å². The third-order valence-electron chi connectivity index (χ3n) is 2.89. The van der Waals surface area contributed by atoms with Crippen LogP contribution in [-0.2, 0) is 25.5 Å². The molecule has 114 valence electrons. The van der Waals surface area contributed by atoms with Gasteiger partial charge < -0.3 is 14.2 Å². The van der Waals surface area contributed by atoms with Gasteiger partial charge in [0.2, 0.25) is 0 Å². The number of esters is 2. The zero-order chi connectivity index (χ0) is 15.9. The lowest BCUT2D eigenvalue weighted by Crippen LogP contribution is -2.51. The maximum absolute atomic E-state index is 12.1. The minimum absolute atomic E-state index is 0.142. The Labute approximate surface area is 124 Å². The highest BCUT2D eigenvalue weighted by atomic mass is 16.6. The second-order valence-corrected chi connectivity index (χ2v) is 4.45. The second kappa shape index (κ2) is 7.47. The minimum atomic E-state index is -1.85. The third-order valence-corrected chi connectivity index (χ3v) is 2.89. The van der Waals surface area contributed by atoms with Crippen molar-refractivity contribution in [2.75, 3.05) is 13.7 Å². The summed E-state index contributed by atoms with van der Waals surface area (Å²) in [5, 5.41) is 0. The Morgan fingerprint density at radius 3 is 2.52 bits per heavy atom. The Morgan fingerprint density at radius 2 is 1.95 bits per heavy atom. The van der Waals surface area contributed by atoms with Gasteiger partial charge in [0.05, 0.1) is 13.7 Å². The number of hydrogen-bond donors (Lipinski definition) is 0. The first-order valence-electron chi connectivity index (χ1n) is 6.63. The molecule has 0 saturated carbocycles. The molecule has 0 bridgehead atoms. The molecule has 1 aromatic carbocycles. The molecule has 0 amide bonds. The normalized spacial score (nSPS) is 12.9. The monoisotopic (exact) mass is 292 g/mol. The van der Waals surface area contributed by atoms with Gasteiger partial charge in [-0.3, -0.25) is 0 Å². The molecule has 1 rings (SSSR count). The van der Waals surface area contributed by atoms with Crippen LogP contribution in [-0.4, -0.2) is 31.3 Å². The molecule has 0 saturated heterocycles. The molecule has 0 aromatic heterocycles. The predicted molar refractivity (Wildman–Crippen MR) is 78.0 cm³/mol. The van der Waals surface area contributed by atoms with Crippen molar-refractivity contribution < 1.29 is 23.8 Å². The maximum atomic E-state index is 12.1. The van der Waals surface area contributed by atoms with Crippen LogP contribution in [0.4, 0.5) is 0 Å². The molecule has 1 aromatic rings. The molecule has 5 nitrogen and oxygen atoms in total. The van der Waals surface area contributed by atoms with Crippen LogP contribution in [0.15, 0.2) is 36.9 Å². The summed E-state index contributed by atoms with van der Waals surface area (Å²) in [5.74, 6) is -1.18. The van der Waals surface area contributed by atoms with E-state index in [-0.39, 0.29) is 6.61 Å². The number of carbonyl (C=O) groups is 2. The van der Waals surface area contributed by atoms with E-state index < -0.39 is 17.5 Å². The van der Waals surface area contributed by atoms with Crippen LogP contribution in [0.25, 0.3) is 0 Å². The number of methoxy groups -OCH3 is 1. The Hall–Kier alpha value is -2.30. The van der Waals surface area contributed by atoms with E-state index in [4.69, 9.17) is 9.47 Å². The van der Waals surface area contributed by atoms with Crippen LogP contribution in [0.3, 0.4) is 0 Å². The number of hydrogen-bond acceptors (Lipinski definition) is 5. The molecule has 0 aliphatic heterocycles. The number of carbonyl (C=O) groups excluding carboxylic acids is 2. The lowest BCUT2D eigenvalue weighted by molar-refractivity contribution is -0.176. The summed E-state index contributed by atoms with van der Waals surface area (Å²) in [7, 11) is 1.19. The van der Waals surface area contributed by atoms with Crippen molar-refractivity contribution >= 4 is 11.9 Å². The molecular formula is C16H20O5. The predicted octanol–water partition coefficient (Wildman–Crippen LogP) is 2.29. The van der Waals surface area contributed by atoms with Gasteiger partial charge in [0.25, 0.3) is 5.60 Å². The van der Waals surface area contributed by atoms with Crippen molar-refractivity contribution in [2.24, 2.45) is 0 Å². The van der Waals surface area contributed by atoms with E-state index in [9.17, 15) is 9.59 Å². The Kier molecular flexibility index (Phi) is 5.96. The molecule has 0 heterocycles. The van der Waals surface area contributed by atoms with Crippen LogP contribution in [0.2, 0.25) is 0 Å². The van der Waals surface area contributed by atoms with Gasteiger partial charge in [-0.25, -0.2) is 9.59 Å². The summed E-state index contributed by atoms with van der Waals surface area (Å²) in [6.45, 7) is 6.80. The number of benzene rings is 1. The standard InChI is InChI=1S/C16H20O5/c1-5-9-12-10-7-8-11-13(12)21-16(3,14(17)19-4)15(18)20-6-2/h5,7-8,10-11H,1,6,9H2,2-4H3. The van der Waals surface area contributed by atoms with Gasteiger partial charge >= 0.3 is 11.9 Å². The second-order valence-electron chi connectivity index (χ2n) is 4.45. The van der Waals surface area contributed by atoms with Crippen LogP contribution in [0.5, 0.6) is 5.75 Å². The zero-order valence-corrected chi connectivity index (χ0v) is 12.5. The van der Waals surface area contributed by atoms with Crippen LogP contribution < -0.4 is 4.74 Å². The van der Waals surface area contributed by atoms with Gasteiger partial charge in [0.15, 0.2) is 0 Å². The molecular weight excluding hydrogens is 272 g/mol. The first-order chi connectivity index (χ1) is 9.99. The highest BCUT2D eigenvalue weighted by Crippen LogP contribution is 2.26. The van der Waals surface area contributed by atoms with Crippen molar-refractivity contribution in [1.29, 1.82) is 0 Å². The lowest BCUT2D eigenvalue weighted by Gasteiger charge is -2.26. The van der Waals surface area contributed by atoms with E-state index in [1.165, 1.54) is 14.0 Å². The first kappa shape index (κ1) is 16.8. The van der Waals surface area contributed by atoms with Gasteiger partial charge in [0, 0.05) is 0 Å². The quantitative estimate of drug-likeness (QED) is 0.438. The lowest BCUT2D eigenvalue weighted by atomic mass is 10.1. The average Bonchev–Trinajstić information content (AvgIpc) is 2.48. The molecule has 0 radical (unpaired) electrons. The summed E-state index contributed by atoms with van der Waals surface area (Å²) in [5.41, 5.74) is -1.03. The van der Waals surface area contributed by atoms with Crippen molar-refractivity contribution in [1.82, 2.24) is 0 Å². The van der Waals surface area contributed by atoms with Gasteiger partial charge in [-0.1, -0.05) is 24.3 Å². The molecule has 0 N–H and O–H groups in total. The van der Waals surface area contributed by atoms with Crippen molar-refractivity contribution in [2.45, 2.75) is 25.9 Å². The number of rotatable bonds is 7. The highest BCUT2D eigenvalue weighted by Gasteiger charge is 2.47. The van der Waals surface area contributed by atoms with Gasteiger partial charge in [-0.05, 0) is 31.9 Å². The fraction of sp³-hybridized carbons (Fsp3) is 0.375. The largest absolute Gasteiger partial charge is 0.466 e. The SMILES string of the molecule is C=CCc1ccccc1OC(C)(C(=O)OC)C(=O)OCC. The van der Waals surface area contributed by atoms with Crippen LogP contribution in [0, 0.1) is 0 Å². The molecule has 1 atom stereocenters. The average molecular weight is 292 g/mol. The first-order valence-corrected chi connectivity index (χ1v) is 6.63. The van der Waals surface area contributed by atoms with E-state index in [2.05, 4.69) is 11.3 Å². The Balaban J connectivity index is 3.15. The number of para-hydroxylation sites is 1. The van der Waals surface area contributed by atoms with E-state index in [1.807, 2.05) is 12.1 Å². The summed E-state index contributed by atoms with van der Waals surface area (Å²) in [6, 6.07) is 7.11. The fourth-order valence-corrected chi connectivity index (χ4v) is 1.78. The van der Waals surface area contributed by atoms with Crippen LogP contribution in [0.1, 0.15) is 19.4 Å². The minimum Gasteiger partial charge on any atom is -0.466 e. The molecule has 0 spiro atoms. The van der Waals surface area contributed by atoms with Crippen molar-refractivity contribution in [3.8, 4) is 5.75 Å². The summed E-state index contributed by atoms with van der Waals surface area (Å²) >= 11 is 0. The van der Waals surface area contributed by atoms with Gasteiger partial charge in [0.1, 0.15) is 5.75 Å². The fourth-order valence-electron chi connectivity index (χ4n) is 1.78. The Bertz CT molecular complexity index is 523. The third kappa shape index (κ3) is 3.84. The van der Waals surface area contributed by atoms with E-state index in [0.717, 1.165) is 5.56 Å². The molecule has 0 aliphatic carbocycles. The van der Waals surface area contributed by atoms with E-state index >= 15 is 0 Å². The highest BCUT2D eigenvalue weighted by molar-refractivity contribution is 6.03. The summed E-state index contributed by atoms with van der Waals surface area (Å²) in [6.07, 6.45) is 2.26. The van der Waals surface area contributed by atoms with Crippen molar-refractivity contribution in [3.05, 3.63) is 42.5 Å². The summed E-state index contributed by atoms with van der Waals surface area (Å²) < 4.78 is 15.2. The molecule has 0 fully saturated rings. The van der Waals surface area contributed by atoms with E-state index in [1.54, 1.807) is 25.1 Å². The molecule has 21 heavy (non-hydrogen) atoms. The maximum Gasteiger partial charge on any atom is 0.362 e. The zero-order valence-electron chi connectivity index (χ0n) is 12.5. The number of ether oxygens (including phenoxy) is 3. The van der Waals surface area contributed by atoms with Crippen LogP contribution >= 0.6 is 0 Å². The molecule has 5 heteroatoms. The molecule has 0 aliphatic rings. The molecule has 1 unspecified atom stereocenters. The van der Waals surface area contributed by atoms with Gasteiger partial charge in [-0.15, -0.1) is 6.58 Å².